The van der Waals surface area contributed by atoms with Crippen LogP contribution < -0.4 is 5.32 Å². The summed E-state index contributed by atoms with van der Waals surface area (Å²) in [5, 5.41) is 12.5. The molecule has 2 N–H and O–H groups in total. The van der Waals surface area contributed by atoms with Gasteiger partial charge in [0.05, 0.1) is 19.3 Å². The van der Waals surface area contributed by atoms with Crippen LogP contribution in [0.5, 0.6) is 0 Å². The number of amidine groups is 1. The third-order valence-corrected chi connectivity index (χ3v) is 2.26. The highest BCUT2D eigenvalue weighted by Crippen LogP contribution is 2.15. The molecule has 4 heteroatoms. The Hall–Kier alpha value is -0.610. The van der Waals surface area contributed by atoms with Crippen molar-refractivity contribution in [3.8, 4) is 0 Å². The predicted octanol–water partition coefficient (Wildman–Crippen LogP) is -0.472. The first-order valence-corrected chi connectivity index (χ1v) is 4.44. The lowest BCUT2D eigenvalue weighted by Crippen LogP contribution is -2.40. The average molecular weight is 170 g/mol. The third kappa shape index (κ3) is 1.59. The number of hydrogen-bond acceptors (Lipinski definition) is 4. The monoisotopic (exact) mass is 170 g/mol. The Kier molecular flexibility index (Phi) is 2.28. The van der Waals surface area contributed by atoms with E-state index in [1.807, 2.05) is 0 Å². The van der Waals surface area contributed by atoms with Crippen molar-refractivity contribution in [2.45, 2.75) is 25.0 Å². The average Bonchev–Trinajstić information content (AvgIpc) is 2.56. The van der Waals surface area contributed by atoms with Crippen molar-refractivity contribution in [3.63, 3.8) is 0 Å². The first-order valence-electron chi connectivity index (χ1n) is 4.44. The van der Waals surface area contributed by atoms with Gasteiger partial charge in [-0.25, -0.2) is 0 Å². The zero-order chi connectivity index (χ0) is 8.39. The van der Waals surface area contributed by atoms with Crippen LogP contribution in [0.3, 0.4) is 0 Å². The van der Waals surface area contributed by atoms with Gasteiger partial charge in [0.1, 0.15) is 11.9 Å². The van der Waals surface area contributed by atoms with Gasteiger partial charge in [-0.3, -0.25) is 4.99 Å². The minimum Gasteiger partial charge on any atom is -0.393 e. The second-order valence-corrected chi connectivity index (χ2v) is 3.23. The van der Waals surface area contributed by atoms with Crippen LogP contribution in [0, 0.1) is 0 Å². The molecule has 1 fully saturated rings. The molecule has 2 unspecified atom stereocenters. The summed E-state index contributed by atoms with van der Waals surface area (Å²) in [4.78, 5) is 4.26. The van der Waals surface area contributed by atoms with E-state index in [0.29, 0.717) is 13.0 Å². The summed E-state index contributed by atoms with van der Waals surface area (Å²) in [5.74, 6) is 0.925. The number of ether oxygens (including phenoxy) is 1. The highest BCUT2D eigenvalue weighted by Gasteiger charge is 2.26. The van der Waals surface area contributed by atoms with Crippen LogP contribution in [0.4, 0.5) is 0 Å². The molecule has 1 saturated heterocycles. The summed E-state index contributed by atoms with van der Waals surface area (Å²) in [5.41, 5.74) is 0. The maximum atomic E-state index is 9.38. The molecule has 2 aliphatic rings. The maximum Gasteiger partial charge on any atom is 0.126 e. The topological polar surface area (TPSA) is 53.9 Å². The Bertz CT molecular complexity index is 193. The van der Waals surface area contributed by atoms with E-state index in [2.05, 4.69) is 10.3 Å². The minimum absolute atomic E-state index is 0.0104. The Morgan fingerprint density at radius 1 is 1.58 bits per heavy atom. The van der Waals surface area contributed by atoms with Crippen molar-refractivity contribution < 1.29 is 9.84 Å². The standard InChI is InChI=1S/C8H14N2O2/c11-6-1-4-12-7(5-6)8-9-2-3-10-8/h6-7,11H,1-5H2,(H,9,10). The molecule has 0 aromatic carbocycles. The van der Waals surface area contributed by atoms with Crippen molar-refractivity contribution >= 4 is 5.84 Å². The van der Waals surface area contributed by atoms with Crippen LogP contribution in [0.2, 0.25) is 0 Å². The predicted molar refractivity (Wildman–Crippen MR) is 45.3 cm³/mol. The summed E-state index contributed by atoms with van der Waals surface area (Å²) in [6, 6.07) is 0. The van der Waals surface area contributed by atoms with Crippen molar-refractivity contribution in [1.29, 1.82) is 0 Å². The molecular weight excluding hydrogens is 156 g/mol. The van der Waals surface area contributed by atoms with Crippen LogP contribution in [-0.2, 0) is 4.74 Å². The second-order valence-electron chi connectivity index (χ2n) is 3.23. The van der Waals surface area contributed by atoms with Gasteiger partial charge >= 0.3 is 0 Å². The molecule has 2 atom stereocenters. The van der Waals surface area contributed by atoms with Gasteiger partial charge in [0.2, 0.25) is 0 Å². The summed E-state index contributed by atoms with van der Waals surface area (Å²) in [6.45, 7) is 2.39. The number of hydrogen-bond donors (Lipinski definition) is 2. The fourth-order valence-corrected chi connectivity index (χ4v) is 1.60. The van der Waals surface area contributed by atoms with Crippen LogP contribution in [0.1, 0.15) is 12.8 Å². The van der Waals surface area contributed by atoms with Crippen LogP contribution in [0.15, 0.2) is 4.99 Å². The SMILES string of the molecule is OC1CCOC(C2=NCCN2)C1. The number of aliphatic imine (C=N–C) groups is 1. The maximum absolute atomic E-state index is 9.38. The Balaban J connectivity index is 1.94. The quantitative estimate of drug-likeness (QED) is 0.559. The molecule has 0 spiro atoms. The summed E-state index contributed by atoms with van der Waals surface area (Å²) in [6.07, 6.45) is 1.24. The largest absolute Gasteiger partial charge is 0.393 e. The summed E-state index contributed by atoms with van der Waals surface area (Å²) in [7, 11) is 0. The van der Waals surface area contributed by atoms with Crippen molar-refractivity contribution in [3.05, 3.63) is 0 Å². The minimum atomic E-state index is -0.214. The first-order chi connectivity index (χ1) is 5.86. The Morgan fingerprint density at radius 2 is 2.50 bits per heavy atom. The highest BCUT2D eigenvalue weighted by molar-refractivity contribution is 5.87. The lowest BCUT2D eigenvalue weighted by Gasteiger charge is -2.26. The number of aliphatic hydroxyl groups is 1. The molecule has 2 rings (SSSR count). The van der Waals surface area contributed by atoms with Crippen LogP contribution in [0.25, 0.3) is 0 Å². The van der Waals surface area contributed by atoms with Crippen molar-refractivity contribution in [1.82, 2.24) is 5.32 Å². The van der Waals surface area contributed by atoms with E-state index in [1.165, 1.54) is 0 Å². The lowest BCUT2D eigenvalue weighted by molar-refractivity contribution is -0.0135. The molecule has 4 nitrogen and oxygen atoms in total. The van der Waals surface area contributed by atoms with E-state index >= 15 is 0 Å². The van der Waals surface area contributed by atoms with Crippen molar-refractivity contribution in [2.75, 3.05) is 19.7 Å². The van der Waals surface area contributed by atoms with Crippen LogP contribution >= 0.6 is 0 Å². The normalized spacial score (nSPS) is 35.9. The van der Waals surface area contributed by atoms with Gasteiger partial charge in [0, 0.05) is 13.0 Å². The summed E-state index contributed by atoms with van der Waals surface area (Å²) < 4.78 is 5.48. The number of aliphatic hydroxyl groups excluding tert-OH is 1. The lowest BCUT2D eigenvalue weighted by atomic mass is 10.1. The van der Waals surface area contributed by atoms with Gasteiger partial charge in [-0.2, -0.15) is 0 Å². The molecule has 0 aromatic heterocycles. The first kappa shape index (κ1) is 8.01. The zero-order valence-corrected chi connectivity index (χ0v) is 6.99. The molecule has 0 bridgehead atoms. The molecule has 0 aliphatic carbocycles. The molecule has 12 heavy (non-hydrogen) atoms. The highest BCUT2D eigenvalue weighted by atomic mass is 16.5. The van der Waals surface area contributed by atoms with E-state index in [1.54, 1.807) is 0 Å². The van der Waals surface area contributed by atoms with Gasteiger partial charge in [-0.15, -0.1) is 0 Å². The fourth-order valence-electron chi connectivity index (χ4n) is 1.60. The molecule has 2 heterocycles. The zero-order valence-electron chi connectivity index (χ0n) is 6.99. The van der Waals surface area contributed by atoms with E-state index in [4.69, 9.17) is 4.74 Å². The van der Waals surface area contributed by atoms with E-state index in [-0.39, 0.29) is 12.2 Å². The molecule has 0 saturated carbocycles. The third-order valence-electron chi connectivity index (χ3n) is 2.26. The van der Waals surface area contributed by atoms with Gasteiger partial charge < -0.3 is 15.2 Å². The second kappa shape index (κ2) is 3.41. The number of rotatable bonds is 1. The summed E-state index contributed by atoms with van der Waals surface area (Å²) >= 11 is 0. The van der Waals surface area contributed by atoms with E-state index in [9.17, 15) is 5.11 Å². The van der Waals surface area contributed by atoms with Crippen molar-refractivity contribution in [2.24, 2.45) is 4.99 Å². The molecular formula is C8H14N2O2. The van der Waals surface area contributed by atoms with E-state index < -0.39 is 0 Å². The number of nitrogens with one attached hydrogen (secondary N) is 1. The molecule has 0 aromatic rings. The van der Waals surface area contributed by atoms with Gasteiger partial charge in [0.25, 0.3) is 0 Å². The number of nitrogens with zero attached hydrogens (tertiary/aromatic N) is 1. The fraction of sp³-hybridized carbons (Fsp3) is 0.875. The Labute approximate surface area is 71.6 Å². The smallest absolute Gasteiger partial charge is 0.126 e. The van der Waals surface area contributed by atoms with Gasteiger partial charge in [-0.05, 0) is 6.42 Å². The molecule has 0 amide bonds. The van der Waals surface area contributed by atoms with Gasteiger partial charge in [0.15, 0.2) is 0 Å². The molecule has 2 aliphatic heterocycles. The van der Waals surface area contributed by atoms with E-state index in [0.717, 1.165) is 25.3 Å². The van der Waals surface area contributed by atoms with Crippen LogP contribution in [-0.4, -0.2) is 42.8 Å². The molecule has 68 valence electrons. The Morgan fingerprint density at radius 3 is 3.17 bits per heavy atom. The molecule has 0 radical (unpaired) electrons. The van der Waals surface area contributed by atoms with Gasteiger partial charge in [-0.1, -0.05) is 0 Å².